The van der Waals surface area contributed by atoms with E-state index in [-0.39, 0.29) is 11.3 Å². The number of nitriles is 1. The molecule has 0 atom stereocenters. The topological polar surface area (TPSA) is 79.0 Å². The number of hydrogen-bond donors (Lipinski definition) is 1. The monoisotopic (exact) mass is 201 g/mol. The van der Waals surface area contributed by atoms with Gasteiger partial charge >= 0.3 is 0 Å². The van der Waals surface area contributed by atoms with Gasteiger partial charge in [0.2, 0.25) is 5.88 Å². The van der Waals surface area contributed by atoms with E-state index in [2.05, 4.69) is 9.97 Å². The van der Waals surface area contributed by atoms with Gasteiger partial charge in [0.05, 0.1) is 24.2 Å². The first-order valence-electron chi connectivity index (χ1n) is 4.18. The molecule has 0 unspecified atom stereocenters. The van der Waals surface area contributed by atoms with Crippen LogP contribution in [0.2, 0.25) is 0 Å². The highest BCUT2D eigenvalue weighted by atomic mass is 16.5. The number of pyridine rings is 2. The van der Waals surface area contributed by atoms with Crippen molar-refractivity contribution >= 4 is 10.9 Å². The van der Waals surface area contributed by atoms with Gasteiger partial charge in [0, 0.05) is 12.3 Å². The van der Waals surface area contributed by atoms with Gasteiger partial charge in [0.1, 0.15) is 17.4 Å². The van der Waals surface area contributed by atoms with Crippen molar-refractivity contribution in [1.82, 2.24) is 9.97 Å². The Bertz CT molecular complexity index is 560. The predicted octanol–water partition coefficient (Wildman–Crippen LogP) is 1.22. The van der Waals surface area contributed by atoms with Crippen molar-refractivity contribution in [2.45, 2.75) is 0 Å². The Balaban J connectivity index is 2.79. The summed E-state index contributed by atoms with van der Waals surface area (Å²) in [6.45, 7) is 0. The van der Waals surface area contributed by atoms with E-state index in [9.17, 15) is 5.11 Å². The summed E-state index contributed by atoms with van der Waals surface area (Å²) in [5.74, 6) is 0.276. The minimum atomic E-state index is -0.0943. The molecule has 0 aliphatic rings. The minimum absolute atomic E-state index is 0.0943. The maximum atomic E-state index is 9.72. The van der Waals surface area contributed by atoms with Crippen LogP contribution in [0.25, 0.3) is 10.9 Å². The number of rotatable bonds is 1. The molecule has 0 fully saturated rings. The van der Waals surface area contributed by atoms with Crippen LogP contribution in [0.5, 0.6) is 11.6 Å². The van der Waals surface area contributed by atoms with Crippen LogP contribution >= 0.6 is 0 Å². The van der Waals surface area contributed by atoms with E-state index in [4.69, 9.17) is 10.00 Å². The van der Waals surface area contributed by atoms with Crippen molar-refractivity contribution in [3.05, 3.63) is 24.0 Å². The zero-order valence-electron chi connectivity index (χ0n) is 7.93. The van der Waals surface area contributed by atoms with Gasteiger partial charge in [-0.15, -0.1) is 0 Å². The van der Waals surface area contributed by atoms with Crippen molar-refractivity contribution in [1.29, 1.82) is 5.26 Å². The molecule has 1 N–H and O–H groups in total. The molecule has 2 aromatic heterocycles. The van der Waals surface area contributed by atoms with Crippen LogP contribution in [0.3, 0.4) is 0 Å². The summed E-state index contributed by atoms with van der Waals surface area (Å²) >= 11 is 0. The average Bonchev–Trinajstić information content (AvgIpc) is 2.29. The van der Waals surface area contributed by atoms with Crippen molar-refractivity contribution < 1.29 is 9.84 Å². The largest absolute Gasteiger partial charge is 0.506 e. The van der Waals surface area contributed by atoms with Crippen molar-refractivity contribution in [2.24, 2.45) is 0 Å². The summed E-state index contributed by atoms with van der Waals surface area (Å²) in [7, 11) is 1.48. The van der Waals surface area contributed by atoms with E-state index in [1.165, 1.54) is 19.5 Å². The standard InChI is InChI=1S/C10H7N3O2/c1-15-9-2-7-8(5-13-9)12-4-6(3-11)10(7)14/h2,4-5H,1H3,(H,12,14). The van der Waals surface area contributed by atoms with Crippen LogP contribution in [0.1, 0.15) is 5.56 Å². The zero-order valence-corrected chi connectivity index (χ0v) is 7.93. The van der Waals surface area contributed by atoms with Gasteiger partial charge < -0.3 is 9.84 Å². The van der Waals surface area contributed by atoms with Gasteiger partial charge in [-0.2, -0.15) is 5.26 Å². The Labute approximate surface area is 85.6 Å². The summed E-state index contributed by atoms with van der Waals surface area (Å²) in [5.41, 5.74) is 0.656. The second-order valence-electron chi connectivity index (χ2n) is 2.88. The van der Waals surface area contributed by atoms with Gasteiger partial charge in [0.25, 0.3) is 0 Å². The molecule has 0 radical (unpaired) electrons. The highest BCUT2D eigenvalue weighted by molar-refractivity contribution is 5.86. The number of nitrogens with zero attached hydrogens (tertiary/aromatic N) is 3. The third kappa shape index (κ3) is 1.42. The third-order valence-electron chi connectivity index (χ3n) is 2.03. The van der Waals surface area contributed by atoms with Crippen LogP contribution in [-0.4, -0.2) is 22.2 Å². The Morgan fingerprint density at radius 3 is 2.87 bits per heavy atom. The Hall–Kier alpha value is -2.35. The number of methoxy groups -OCH3 is 1. The molecule has 0 saturated heterocycles. The van der Waals surface area contributed by atoms with Gasteiger partial charge in [-0.25, -0.2) is 4.98 Å². The fourth-order valence-electron chi connectivity index (χ4n) is 1.26. The molecular weight excluding hydrogens is 194 g/mol. The van der Waals surface area contributed by atoms with Crippen LogP contribution in [0, 0.1) is 11.3 Å². The lowest BCUT2D eigenvalue weighted by atomic mass is 10.2. The first-order valence-corrected chi connectivity index (χ1v) is 4.18. The first-order chi connectivity index (χ1) is 7.26. The van der Waals surface area contributed by atoms with Gasteiger partial charge in [-0.05, 0) is 0 Å². The minimum Gasteiger partial charge on any atom is -0.506 e. The molecule has 0 aliphatic carbocycles. The molecule has 2 rings (SSSR count). The molecule has 0 spiro atoms. The maximum absolute atomic E-state index is 9.72. The Morgan fingerprint density at radius 1 is 1.40 bits per heavy atom. The molecule has 2 heterocycles. The van der Waals surface area contributed by atoms with Crippen LogP contribution in [-0.2, 0) is 0 Å². The van der Waals surface area contributed by atoms with Crippen molar-refractivity contribution in [3.63, 3.8) is 0 Å². The third-order valence-corrected chi connectivity index (χ3v) is 2.03. The molecular formula is C10H7N3O2. The molecule has 0 amide bonds. The van der Waals surface area contributed by atoms with Crippen molar-refractivity contribution in [2.75, 3.05) is 7.11 Å². The number of aromatic nitrogens is 2. The molecule has 0 aliphatic heterocycles. The summed E-state index contributed by atoms with van der Waals surface area (Å²) in [5, 5.41) is 18.9. The summed E-state index contributed by atoms with van der Waals surface area (Å²) < 4.78 is 4.92. The quantitative estimate of drug-likeness (QED) is 0.750. The summed E-state index contributed by atoms with van der Waals surface area (Å²) in [6, 6.07) is 3.39. The van der Waals surface area contributed by atoms with E-state index in [1.807, 2.05) is 6.07 Å². The molecule has 5 nitrogen and oxygen atoms in total. The van der Waals surface area contributed by atoms with Crippen LogP contribution in [0.15, 0.2) is 18.5 Å². The SMILES string of the molecule is COc1cc2c(O)c(C#N)cnc2cn1. The number of fused-ring (bicyclic) bond motifs is 1. The molecule has 5 heteroatoms. The Morgan fingerprint density at radius 2 is 2.20 bits per heavy atom. The van der Waals surface area contributed by atoms with E-state index in [1.54, 1.807) is 6.07 Å². The van der Waals surface area contributed by atoms with E-state index >= 15 is 0 Å². The number of aromatic hydroxyl groups is 1. The average molecular weight is 201 g/mol. The smallest absolute Gasteiger partial charge is 0.213 e. The first kappa shape index (κ1) is 9.21. The van der Waals surface area contributed by atoms with E-state index in [0.717, 1.165) is 0 Å². The summed E-state index contributed by atoms with van der Waals surface area (Å²) in [4.78, 5) is 7.93. The number of hydrogen-bond acceptors (Lipinski definition) is 5. The highest BCUT2D eigenvalue weighted by Gasteiger charge is 2.08. The highest BCUT2D eigenvalue weighted by Crippen LogP contribution is 2.27. The zero-order chi connectivity index (χ0) is 10.8. The van der Waals surface area contributed by atoms with Gasteiger partial charge in [-0.3, -0.25) is 4.98 Å². The molecule has 0 saturated carbocycles. The van der Waals surface area contributed by atoms with E-state index in [0.29, 0.717) is 16.8 Å². The van der Waals surface area contributed by atoms with E-state index < -0.39 is 0 Å². The second-order valence-corrected chi connectivity index (χ2v) is 2.88. The molecule has 0 bridgehead atoms. The molecule has 15 heavy (non-hydrogen) atoms. The molecule has 0 aromatic carbocycles. The lowest BCUT2D eigenvalue weighted by molar-refractivity contribution is 0.398. The molecule has 2 aromatic rings. The molecule has 74 valence electrons. The van der Waals surface area contributed by atoms with Gasteiger partial charge in [0.15, 0.2) is 0 Å². The normalized spacial score (nSPS) is 9.87. The number of ether oxygens (including phenoxy) is 1. The predicted molar refractivity (Wildman–Crippen MR) is 52.5 cm³/mol. The maximum Gasteiger partial charge on any atom is 0.213 e. The van der Waals surface area contributed by atoms with Gasteiger partial charge in [-0.1, -0.05) is 0 Å². The fourth-order valence-corrected chi connectivity index (χ4v) is 1.26. The fraction of sp³-hybridized carbons (Fsp3) is 0.100. The summed E-state index contributed by atoms with van der Waals surface area (Å²) in [6.07, 6.45) is 2.79. The van der Waals surface area contributed by atoms with Crippen molar-refractivity contribution in [3.8, 4) is 17.7 Å². The lowest BCUT2D eigenvalue weighted by Crippen LogP contribution is -1.90. The lowest BCUT2D eigenvalue weighted by Gasteiger charge is -2.03. The van der Waals surface area contributed by atoms with Crippen LogP contribution in [0.4, 0.5) is 0 Å². The Kier molecular flexibility index (Phi) is 2.10. The van der Waals surface area contributed by atoms with Crippen LogP contribution < -0.4 is 4.74 Å². The second kappa shape index (κ2) is 3.42.